The Kier molecular flexibility index (Phi) is 7.76. The molecule has 2 aliphatic rings. The molecule has 1 aromatic rings. The van der Waals surface area contributed by atoms with Gasteiger partial charge in [-0.3, -0.25) is 4.99 Å². The Balaban J connectivity index is 1.83. The molecule has 0 fully saturated rings. The Labute approximate surface area is 210 Å². The van der Waals surface area contributed by atoms with Crippen molar-refractivity contribution in [3.8, 4) is 0 Å². The first-order valence-electron chi connectivity index (χ1n) is 11.7. The predicted molar refractivity (Wildman–Crippen MR) is 153 cm³/mol. The highest BCUT2D eigenvalue weighted by Crippen LogP contribution is 2.44. The highest BCUT2D eigenvalue weighted by atomic mass is 127. The number of benzene rings is 1. The van der Waals surface area contributed by atoms with E-state index < -0.39 is 8.07 Å². The summed E-state index contributed by atoms with van der Waals surface area (Å²) >= 11 is 2.62. The van der Waals surface area contributed by atoms with E-state index >= 15 is 0 Å². The number of hydrogen-bond acceptors (Lipinski definition) is 2. The van der Waals surface area contributed by atoms with Crippen LogP contribution in [0.1, 0.15) is 57.2 Å². The van der Waals surface area contributed by atoms with Gasteiger partial charge in [0.25, 0.3) is 0 Å². The van der Waals surface area contributed by atoms with Crippen molar-refractivity contribution in [1.29, 1.82) is 0 Å². The van der Waals surface area contributed by atoms with Crippen LogP contribution in [0.5, 0.6) is 0 Å². The van der Waals surface area contributed by atoms with E-state index in [1.807, 2.05) is 0 Å². The van der Waals surface area contributed by atoms with E-state index in [0.717, 1.165) is 6.42 Å². The van der Waals surface area contributed by atoms with Gasteiger partial charge in [0.15, 0.2) is 0 Å². The van der Waals surface area contributed by atoms with Gasteiger partial charge in [-0.1, -0.05) is 109 Å². The zero-order valence-corrected chi connectivity index (χ0v) is 24.1. The van der Waals surface area contributed by atoms with Crippen LogP contribution in [0.4, 0.5) is 0 Å². The van der Waals surface area contributed by atoms with Crippen LogP contribution in [0, 0.1) is 0 Å². The summed E-state index contributed by atoms with van der Waals surface area (Å²) in [6.45, 7) is 16.1. The summed E-state index contributed by atoms with van der Waals surface area (Å²) < 4.78 is 0.0288. The van der Waals surface area contributed by atoms with Gasteiger partial charge in [-0.05, 0) is 55.6 Å². The van der Waals surface area contributed by atoms with Crippen LogP contribution in [0.2, 0.25) is 19.6 Å². The van der Waals surface area contributed by atoms with Gasteiger partial charge in [0.2, 0.25) is 0 Å². The van der Waals surface area contributed by atoms with Gasteiger partial charge in [-0.25, -0.2) is 0 Å². The van der Waals surface area contributed by atoms with Crippen LogP contribution in [-0.2, 0) is 0 Å². The minimum Gasteiger partial charge on any atom is -0.370 e. The minimum atomic E-state index is -1.32. The minimum absolute atomic E-state index is 0.0288. The van der Waals surface area contributed by atoms with Crippen LogP contribution < -0.4 is 0 Å². The van der Waals surface area contributed by atoms with Crippen molar-refractivity contribution in [1.82, 2.24) is 4.90 Å². The third-order valence-electron chi connectivity index (χ3n) is 6.78. The Morgan fingerprint density at radius 2 is 1.97 bits per heavy atom. The molecule has 32 heavy (non-hydrogen) atoms. The lowest BCUT2D eigenvalue weighted by molar-refractivity contribution is 0.383. The molecule has 1 aromatic carbocycles. The number of rotatable bonds is 7. The molecule has 2 nitrogen and oxygen atoms in total. The highest BCUT2D eigenvalue weighted by molar-refractivity contribution is 14.1. The van der Waals surface area contributed by atoms with Crippen molar-refractivity contribution in [2.75, 3.05) is 7.05 Å². The lowest BCUT2D eigenvalue weighted by Crippen LogP contribution is -2.49. The van der Waals surface area contributed by atoms with E-state index in [1.54, 1.807) is 0 Å². The number of aliphatic imine (C=N–C) groups is 1. The number of allylic oxidation sites excluding steroid dienone is 5. The topological polar surface area (TPSA) is 15.6 Å². The molecule has 0 radical (unpaired) electrons. The van der Waals surface area contributed by atoms with Crippen molar-refractivity contribution in [3.63, 3.8) is 0 Å². The number of hydrogen-bond donors (Lipinski definition) is 0. The second-order valence-electron chi connectivity index (χ2n) is 10.5. The van der Waals surface area contributed by atoms with Crippen molar-refractivity contribution >= 4 is 36.4 Å². The standard InChI is InChI=1S/C28H39IN2Si/c1-9-12-20(2)18-28(29)22(4)30-27(28)17-21(3)24-13-10-11-14-25(24)26-16-15-23(19-31(26)5)32(6,7)8/h9-16,18-19,21,26-27H,17H2,1-8H3/b12-9-,20-18-/t21?,26?,27?,28-/m0/s1. The molecular weight excluding hydrogens is 519 g/mol. The highest BCUT2D eigenvalue weighted by Gasteiger charge is 2.45. The van der Waals surface area contributed by atoms with Crippen LogP contribution in [0.15, 0.2) is 76.6 Å². The molecule has 0 aliphatic carbocycles. The van der Waals surface area contributed by atoms with E-state index in [4.69, 9.17) is 4.99 Å². The molecule has 0 bridgehead atoms. The van der Waals surface area contributed by atoms with Crippen LogP contribution in [0.3, 0.4) is 0 Å². The maximum atomic E-state index is 4.96. The predicted octanol–water partition coefficient (Wildman–Crippen LogP) is 8.02. The molecule has 0 aromatic heterocycles. The number of likely N-dealkylation sites (N-methyl/N-ethyl adjacent to an activating group) is 1. The maximum Gasteiger partial charge on any atom is 0.100 e. The second-order valence-corrected chi connectivity index (χ2v) is 17.3. The lowest BCUT2D eigenvalue weighted by atomic mass is 9.79. The third-order valence-corrected chi connectivity index (χ3v) is 10.6. The molecule has 3 rings (SSSR count). The first kappa shape index (κ1) is 25.2. The summed E-state index contributed by atoms with van der Waals surface area (Å²) in [7, 11) is 0.903. The van der Waals surface area contributed by atoms with Gasteiger partial charge in [-0.2, -0.15) is 0 Å². The Hall–Kier alpha value is -1.40. The van der Waals surface area contributed by atoms with Crippen molar-refractivity contribution in [3.05, 3.63) is 82.7 Å². The van der Waals surface area contributed by atoms with Gasteiger partial charge < -0.3 is 4.90 Å². The summed E-state index contributed by atoms with van der Waals surface area (Å²) in [6.07, 6.45) is 14.9. The molecule has 0 saturated heterocycles. The zero-order chi connectivity index (χ0) is 23.7. The largest absolute Gasteiger partial charge is 0.370 e. The quantitative estimate of drug-likeness (QED) is 0.143. The molecule has 172 valence electrons. The maximum absolute atomic E-state index is 4.96. The Morgan fingerprint density at radius 3 is 2.56 bits per heavy atom. The number of halogens is 1. The zero-order valence-electron chi connectivity index (χ0n) is 21.0. The normalized spacial score (nSPS) is 27.3. The Bertz CT molecular complexity index is 995. The number of nitrogens with zero attached hydrogens (tertiary/aromatic N) is 2. The summed E-state index contributed by atoms with van der Waals surface area (Å²) in [5.74, 6) is 0.446. The summed E-state index contributed by atoms with van der Waals surface area (Å²) in [6, 6.07) is 9.62. The van der Waals surface area contributed by atoms with E-state index in [0.29, 0.717) is 18.0 Å². The molecule has 0 amide bonds. The molecule has 3 unspecified atom stereocenters. The van der Waals surface area contributed by atoms with Gasteiger partial charge in [0.05, 0.1) is 20.2 Å². The smallest absolute Gasteiger partial charge is 0.100 e. The van der Waals surface area contributed by atoms with Crippen molar-refractivity contribution in [2.24, 2.45) is 4.99 Å². The fraction of sp³-hybridized carbons (Fsp3) is 0.464. The van der Waals surface area contributed by atoms with Gasteiger partial charge in [-0.15, -0.1) is 0 Å². The fourth-order valence-electron chi connectivity index (χ4n) is 4.80. The molecule has 4 heteroatoms. The van der Waals surface area contributed by atoms with Gasteiger partial charge >= 0.3 is 0 Å². The molecule has 2 heterocycles. The van der Waals surface area contributed by atoms with E-state index in [9.17, 15) is 0 Å². The molecule has 0 saturated carbocycles. The third kappa shape index (κ3) is 5.22. The summed E-state index contributed by atoms with van der Waals surface area (Å²) in [4.78, 5) is 7.36. The second kappa shape index (κ2) is 9.84. The van der Waals surface area contributed by atoms with E-state index in [2.05, 4.69) is 143 Å². The monoisotopic (exact) mass is 558 g/mol. The van der Waals surface area contributed by atoms with E-state index in [1.165, 1.54) is 27.6 Å². The van der Waals surface area contributed by atoms with E-state index in [-0.39, 0.29) is 3.42 Å². The first-order chi connectivity index (χ1) is 15.0. The van der Waals surface area contributed by atoms with Gasteiger partial charge in [0.1, 0.15) is 3.42 Å². The molecule has 0 spiro atoms. The van der Waals surface area contributed by atoms with Crippen molar-refractivity contribution < 1.29 is 0 Å². The lowest BCUT2D eigenvalue weighted by Gasteiger charge is -2.42. The average Bonchev–Trinajstić information content (AvgIpc) is 2.73. The Morgan fingerprint density at radius 1 is 1.28 bits per heavy atom. The summed E-state index contributed by atoms with van der Waals surface area (Å²) in [5.41, 5.74) is 5.43. The molecule has 0 N–H and O–H groups in total. The molecule has 2 aliphatic heterocycles. The molecule has 4 atom stereocenters. The van der Waals surface area contributed by atoms with Gasteiger partial charge in [0, 0.05) is 12.8 Å². The van der Waals surface area contributed by atoms with Crippen molar-refractivity contribution in [2.45, 2.75) is 75.2 Å². The number of alkyl halides is 1. The van der Waals surface area contributed by atoms with Crippen LogP contribution >= 0.6 is 22.6 Å². The fourth-order valence-corrected chi connectivity index (χ4v) is 7.01. The first-order valence-corrected chi connectivity index (χ1v) is 16.3. The molecular formula is C28H39IN2Si. The van der Waals surface area contributed by atoms with Crippen LogP contribution in [0.25, 0.3) is 0 Å². The average molecular weight is 559 g/mol. The van der Waals surface area contributed by atoms with Crippen LogP contribution in [-0.4, -0.2) is 35.2 Å². The SMILES string of the molecule is C/C=C\C(C)=C/[C@]1(I)C(C)=NC1CC(C)c1ccccc1C1C=CC([Si](C)(C)C)=CN1C. The summed E-state index contributed by atoms with van der Waals surface area (Å²) in [5, 5.41) is 1.51.